The molecule has 3 nitrogen and oxygen atoms in total. The van der Waals surface area contributed by atoms with Crippen LogP contribution in [-0.2, 0) is 0 Å². The lowest BCUT2D eigenvalue weighted by atomic mass is 10.0. The van der Waals surface area contributed by atoms with Crippen LogP contribution in [0.1, 0.15) is 24.1 Å². The van der Waals surface area contributed by atoms with Gasteiger partial charge in [0.05, 0.1) is 6.04 Å². The van der Waals surface area contributed by atoms with Gasteiger partial charge >= 0.3 is 0 Å². The zero-order valence-corrected chi connectivity index (χ0v) is 9.60. The minimum atomic E-state index is -0.228. The monoisotopic (exact) mass is 231 g/mol. The van der Waals surface area contributed by atoms with Crippen molar-refractivity contribution in [1.82, 2.24) is 15.3 Å². The van der Waals surface area contributed by atoms with E-state index in [0.29, 0.717) is 0 Å². The van der Waals surface area contributed by atoms with Gasteiger partial charge in [-0.2, -0.15) is 0 Å². The van der Waals surface area contributed by atoms with E-state index < -0.39 is 0 Å². The summed E-state index contributed by atoms with van der Waals surface area (Å²) < 4.78 is 12.9. The fraction of sp³-hybridized carbons (Fsp3) is 0.231. The number of nitrogens with zero attached hydrogens (tertiary/aromatic N) is 2. The Kier molecular flexibility index (Phi) is 3.77. The molecule has 1 aromatic heterocycles. The summed E-state index contributed by atoms with van der Waals surface area (Å²) >= 11 is 0. The van der Waals surface area contributed by atoms with Gasteiger partial charge < -0.3 is 5.32 Å². The number of hydrogen-bond acceptors (Lipinski definition) is 3. The Bertz CT molecular complexity index is 456. The van der Waals surface area contributed by atoms with Crippen molar-refractivity contribution < 1.29 is 4.39 Å². The minimum Gasteiger partial charge on any atom is -0.306 e. The van der Waals surface area contributed by atoms with Crippen LogP contribution in [0.25, 0.3) is 0 Å². The molecular formula is C13H14FN3. The average Bonchev–Trinajstić information content (AvgIpc) is 2.38. The first kappa shape index (κ1) is 11.7. The van der Waals surface area contributed by atoms with Crippen molar-refractivity contribution in [2.75, 3.05) is 6.54 Å². The van der Waals surface area contributed by atoms with E-state index in [9.17, 15) is 4.39 Å². The maximum absolute atomic E-state index is 12.9. The van der Waals surface area contributed by atoms with Crippen molar-refractivity contribution in [3.8, 4) is 0 Å². The van der Waals surface area contributed by atoms with Gasteiger partial charge in [0.25, 0.3) is 0 Å². The lowest BCUT2D eigenvalue weighted by Crippen LogP contribution is -2.22. The molecule has 0 aliphatic rings. The van der Waals surface area contributed by atoms with Crippen LogP contribution in [0.2, 0.25) is 0 Å². The molecule has 1 atom stereocenters. The van der Waals surface area contributed by atoms with Gasteiger partial charge in [-0.3, -0.25) is 0 Å². The second-order valence-corrected chi connectivity index (χ2v) is 3.71. The molecule has 0 radical (unpaired) electrons. The van der Waals surface area contributed by atoms with Crippen LogP contribution >= 0.6 is 0 Å². The summed E-state index contributed by atoms with van der Waals surface area (Å²) in [4.78, 5) is 8.01. The highest BCUT2D eigenvalue weighted by molar-refractivity contribution is 5.28. The van der Waals surface area contributed by atoms with Gasteiger partial charge in [0.1, 0.15) is 12.1 Å². The van der Waals surface area contributed by atoms with Crippen LogP contribution in [0.15, 0.2) is 43.0 Å². The molecule has 4 heteroatoms. The van der Waals surface area contributed by atoms with Crippen molar-refractivity contribution in [3.63, 3.8) is 0 Å². The topological polar surface area (TPSA) is 37.8 Å². The molecule has 1 heterocycles. The summed E-state index contributed by atoms with van der Waals surface area (Å²) in [5, 5.41) is 3.33. The smallest absolute Gasteiger partial charge is 0.123 e. The van der Waals surface area contributed by atoms with Crippen LogP contribution in [-0.4, -0.2) is 16.5 Å². The number of nitrogens with one attached hydrogen (secondary N) is 1. The third kappa shape index (κ3) is 2.85. The number of rotatable bonds is 4. The van der Waals surface area contributed by atoms with E-state index in [1.807, 2.05) is 6.92 Å². The molecule has 0 fully saturated rings. The molecule has 1 N–H and O–H groups in total. The minimum absolute atomic E-state index is 0.00167. The van der Waals surface area contributed by atoms with E-state index in [-0.39, 0.29) is 11.9 Å². The Labute approximate surface area is 99.7 Å². The predicted octanol–water partition coefficient (Wildman–Crippen LogP) is 2.31. The molecule has 1 aromatic carbocycles. The summed E-state index contributed by atoms with van der Waals surface area (Å²) in [6.45, 7) is 2.84. The standard InChI is InChI=1S/C13H14FN3/c1-2-17-13(11-7-15-9-16-8-11)10-3-5-12(14)6-4-10/h3-9,13,17H,2H2,1H3. The van der Waals surface area contributed by atoms with Crippen LogP contribution in [0.4, 0.5) is 4.39 Å². The SMILES string of the molecule is CCNC(c1ccc(F)cc1)c1cncnc1. The summed E-state index contributed by atoms with van der Waals surface area (Å²) in [5.74, 6) is -0.228. The molecule has 0 spiro atoms. The van der Waals surface area contributed by atoms with Crippen molar-refractivity contribution in [1.29, 1.82) is 0 Å². The first-order valence-electron chi connectivity index (χ1n) is 5.55. The Hall–Kier alpha value is -1.81. The van der Waals surface area contributed by atoms with E-state index in [1.165, 1.54) is 18.5 Å². The molecule has 0 saturated carbocycles. The number of hydrogen-bond donors (Lipinski definition) is 1. The van der Waals surface area contributed by atoms with E-state index in [1.54, 1.807) is 24.5 Å². The van der Waals surface area contributed by atoms with Crippen molar-refractivity contribution >= 4 is 0 Å². The molecule has 0 bridgehead atoms. The maximum atomic E-state index is 12.9. The van der Waals surface area contributed by atoms with Gasteiger partial charge in [-0.05, 0) is 24.2 Å². The van der Waals surface area contributed by atoms with Gasteiger partial charge in [0, 0.05) is 18.0 Å². The molecule has 2 aromatic rings. The summed E-state index contributed by atoms with van der Waals surface area (Å²) in [6, 6.07) is 6.47. The third-order valence-corrected chi connectivity index (χ3v) is 2.53. The zero-order valence-electron chi connectivity index (χ0n) is 9.60. The fourth-order valence-electron chi connectivity index (χ4n) is 1.75. The highest BCUT2D eigenvalue weighted by atomic mass is 19.1. The lowest BCUT2D eigenvalue weighted by molar-refractivity contribution is 0.611. The van der Waals surface area contributed by atoms with E-state index in [4.69, 9.17) is 0 Å². The van der Waals surface area contributed by atoms with E-state index in [2.05, 4.69) is 15.3 Å². The Balaban J connectivity index is 2.32. The highest BCUT2D eigenvalue weighted by Crippen LogP contribution is 2.20. The molecule has 2 rings (SSSR count). The van der Waals surface area contributed by atoms with Gasteiger partial charge in [-0.1, -0.05) is 19.1 Å². The van der Waals surface area contributed by atoms with Crippen molar-refractivity contribution in [2.45, 2.75) is 13.0 Å². The number of halogens is 1. The average molecular weight is 231 g/mol. The van der Waals surface area contributed by atoms with Crippen LogP contribution in [0.3, 0.4) is 0 Å². The third-order valence-electron chi connectivity index (χ3n) is 2.53. The second kappa shape index (κ2) is 5.50. The molecule has 1 unspecified atom stereocenters. The highest BCUT2D eigenvalue weighted by Gasteiger charge is 2.13. The van der Waals surface area contributed by atoms with Crippen LogP contribution in [0, 0.1) is 5.82 Å². The molecule has 0 aliphatic heterocycles. The quantitative estimate of drug-likeness (QED) is 0.877. The Morgan fingerprint density at radius 2 is 1.76 bits per heavy atom. The van der Waals surface area contributed by atoms with Crippen LogP contribution < -0.4 is 5.32 Å². The Morgan fingerprint density at radius 3 is 2.35 bits per heavy atom. The normalized spacial score (nSPS) is 12.4. The maximum Gasteiger partial charge on any atom is 0.123 e. The van der Waals surface area contributed by atoms with Gasteiger partial charge in [0.15, 0.2) is 0 Å². The van der Waals surface area contributed by atoms with E-state index >= 15 is 0 Å². The van der Waals surface area contributed by atoms with Gasteiger partial charge in [-0.15, -0.1) is 0 Å². The van der Waals surface area contributed by atoms with Crippen LogP contribution in [0.5, 0.6) is 0 Å². The molecular weight excluding hydrogens is 217 g/mol. The zero-order chi connectivity index (χ0) is 12.1. The molecule has 0 amide bonds. The number of aromatic nitrogens is 2. The second-order valence-electron chi connectivity index (χ2n) is 3.71. The lowest BCUT2D eigenvalue weighted by Gasteiger charge is -2.17. The van der Waals surface area contributed by atoms with E-state index in [0.717, 1.165) is 17.7 Å². The van der Waals surface area contributed by atoms with Crippen molar-refractivity contribution in [2.24, 2.45) is 0 Å². The fourth-order valence-corrected chi connectivity index (χ4v) is 1.75. The van der Waals surface area contributed by atoms with Gasteiger partial charge in [0.2, 0.25) is 0 Å². The summed E-state index contributed by atoms with van der Waals surface area (Å²) in [5.41, 5.74) is 1.98. The molecule has 0 aliphatic carbocycles. The first-order chi connectivity index (χ1) is 8.31. The first-order valence-corrected chi connectivity index (χ1v) is 5.55. The molecule has 17 heavy (non-hydrogen) atoms. The predicted molar refractivity (Wildman–Crippen MR) is 64.0 cm³/mol. The van der Waals surface area contributed by atoms with Gasteiger partial charge in [-0.25, -0.2) is 14.4 Å². The number of benzene rings is 1. The molecule has 0 saturated heterocycles. The molecule has 88 valence electrons. The van der Waals surface area contributed by atoms with Crippen molar-refractivity contribution in [3.05, 3.63) is 59.9 Å². The summed E-state index contributed by atoms with van der Waals surface area (Å²) in [6.07, 6.45) is 5.03. The largest absolute Gasteiger partial charge is 0.306 e. The Morgan fingerprint density at radius 1 is 1.12 bits per heavy atom. The summed E-state index contributed by atoms with van der Waals surface area (Å²) in [7, 11) is 0.